The maximum absolute atomic E-state index is 4.44. The van der Waals surface area contributed by atoms with Crippen LogP contribution in [0.15, 0.2) is 28.4 Å². The molecule has 0 spiro atoms. The Labute approximate surface area is 74.9 Å². The van der Waals surface area contributed by atoms with E-state index < -0.39 is 0 Å². The van der Waals surface area contributed by atoms with Gasteiger partial charge in [0.05, 0.1) is 0 Å². The number of allylic oxidation sites excluding steroid dienone is 4. The van der Waals surface area contributed by atoms with Crippen LogP contribution in [0.3, 0.4) is 0 Å². The maximum Gasteiger partial charge on any atom is 0.0263 e. The van der Waals surface area contributed by atoms with Crippen molar-refractivity contribution in [3.63, 3.8) is 0 Å². The fourth-order valence-electron chi connectivity index (χ4n) is 1.26. The molecule has 13 heavy (non-hydrogen) atoms. The molecule has 0 aromatic heterocycles. The van der Waals surface area contributed by atoms with Crippen LogP contribution in [0.1, 0.15) is 27.7 Å². The van der Waals surface area contributed by atoms with Gasteiger partial charge in [-0.3, -0.25) is 4.99 Å². The second-order valence-electron chi connectivity index (χ2n) is 3.56. The van der Waals surface area contributed by atoms with E-state index in [1.165, 1.54) is 17.2 Å². The molecule has 81 valence electrons. The Morgan fingerprint density at radius 2 is 2.00 bits per heavy atom. The van der Waals surface area contributed by atoms with Crippen LogP contribution >= 0.6 is 0 Å². The molecule has 0 aliphatic carbocycles. The third kappa shape index (κ3) is 2.51. The van der Waals surface area contributed by atoms with Crippen molar-refractivity contribution in [3.05, 3.63) is 29.3 Å². The van der Waals surface area contributed by atoms with Crippen LogP contribution in [0, 0.1) is 11.8 Å². The van der Waals surface area contributed by atoms with E-state index in [1.54, 1.807) is 0 Å². The third-order valence-electron chi connectivity index (χ3n) is 1.95. The summed E-state index contributed by atoms with van der Waals surface area (Å²) in [6, 6.07) is 0. The van der Waals surface area contributed by atoms with Crippen LogP contribution < -0.4 is 0 Å². The van der Waals surface area contributed by atoms with E-state index >= 15 is 0 Å². The van der Waals surface area contributed by atoms with Gasteiger partial charge in [-0.25, -0.2) is 12.2 Å². The summed E-state index contributed by atoms with van der Waals surface area (Å²) in [5.74, 6) is 1.72. The fourth-order valence-corrected chi connectivity index (χ4v) is 1.26. The number of aliphatic imine (C=N–C) groups is 1. The van der Waals surface area contributed by atoms with Crippen LogP contribution in [0.4, 0.5) is 0 Å². The van der Waals surface area contributed by atoms with Gasteiger partial charge >= 0.3 is 0 Å². The molecule has 0 bridgehead atoms. The average molecular weight is 424 g/mol. The maximum atomic E-state index is 4.44. The zero-order valence-electron chi connectivity index (χ0n) is 8.51. The van der Waals surface area contributed by atoms with Gasteiger partial charge < -0.3 is 0 Å². The van der Waals surface area contributed by atoms with E-state index in [0.29, 0.717) is 5.92 Å². The molecule has 0 saturated heterocycles. The number of nitrogens with zero attached hydrogens (tertiary/aromatic N) is 1. The predicted octanol–water partition coefficient (Wildman–Crippen LogP) is 3.15. The molecule has 0 N–H and O–H groups in total. The van der Waals surface area contributed by atoms with Crippen molar-refractivity contribution in [3.8, 4) is 0 Å². The Balaban J connectivity index is 0.00000144. The van der Waals surface area contributed by atoms with Crippen molar-refractivity contribution in [1.82, 2.24) is 0 Å². The molecule has 0 aromatic rings. The molecular formula is C11H16LrN-. The van der Waals surface area contributed by atoms with Crippen LogP contribution in [-0.2, 0) is 0 Å². The van der Waals surface area contributed by atoms with E-state index in [4.69, 9.17) is 0 Å². The molecule has 1 radical (unpaired) electrons. The van der Waals surface area contributed by atoms with Gasteiger partial charge in [-0.1, -0.05) is 27.0 Å². The average Bonchev–Trinajstić information content (AvgIpc) is 2.14. The first-order valence-electron chi connectivity index (χ1n) is 4.37. The number of hydrogen-bond donors (Lipinski definition) is 0. The molecule has 1 heterocycles. The van der Waals surface area contributed by atoms with Gasteiger partial charge in [-0.15, -0.1) is 12.5 Å². The molecule has 1 nitrogen and oxygen atoms in total. The molecule has 1 rings (SSSR count). The van der Waals surface area contributed by atoms with Crippen molar-refractivity contribution in [2.75, 3.05) is 0 Å². The fraction of sp³-hybridized carbons (Fsp3) is 0.455. The Hall–Kier alpha value is -1.98. The molecule has 0 fully saturated rings. The van der Waals surface area contributed by atoms with Gasteiger partial charge in [0.2, 0.25) is 0 Å². The Morgan fingerprint density at radius 3 is 2.54 bits per heavy atom. The zero-order valence-corrected chi connectivity index (χ0v) is 10.7. The van der Waals surface area contributed by atoms with Crippen molar-refractivity contribution in [2.45, 2.75) is 27.7 Å². The summed E-state index contributed by atoms with van der Waals surface area (Å²) in [5, 5.41) is 0. The van der Waals surface area contributed by atoms with Crippen LogP contribution in [0.25, 0.3) is 0 Å². The zero-order chi connectivity index (χ0) is 9.14. The molecule has 0 atom stereocenters. The molecule has 2 heteroatoms. The summed E-state index contributed by atoms with van der Waals surface area (Å²) in [5.41, 5.74) is 2.47. The normalized spacial score (nSPS) is 16.2. The molecule has 0 amide bonds. The molecule has 0 unspecified atom stereocenters. The first kappa shape index (κ1) is 11.0. The first-order valence-corrected chi connectivity index (χ1v) is 4.37. The van der Waals surface area contributed by atoms with Crippen LogP contribution in [0.2, 0.25) is 0 Å². The quantitative estimate of drug-likeness (QED) is 0.574. The summed E-state index contributed by atoms with van der Waals surface area (Å²) >= 11 is 0. The summed E-state index contributed by atoms with van der Waals surface area (Å²) in [7, 11) is 0. The second-order valence-corrected chi connectivity index (χ2v) is 3.56. The minimum atomic E-state index is 0. The van der Waals surface area contributed by atoms with Crippen molar-refractivity contribution < 1.29 is 0 Å². The van der Waals surface area contributed by atoms with Gasteiger partial charge in [0, 0.05) is 5.70 Å². The van der Waals surface area contributed by atoms with Crippen LogP contribution in [0.5, 0.6) is 0 Å². The van der Waals surface area contributed by atoms with Gasteiger partial charge in [0.25, 0.3) is 0 Å². The minimum Gasteiger partial charge on any atom is -0.281 e. The van der Waals surface area contributed by atoms with E-state index in [9.17, 15) is 0 Å². The van der Waals surface area contributed by atoms with E-state index in [2.05, 4.69) is 44.8 Å². The summed E-state index contributed by atoms with van der Waals surface area (Å²) in [6.45, 7) is 8.52. The van der Waals surface area contributed by atoms with Gasteiger partial charge in [-0.2, -0.15) is 5.92 Å². The van der Waals surface area contributed by atoms with Gasteiger partial charge in [0.1, 0.15) is 0 Å². The topological polar surface area (TPSA) is 12.4 Å². The van der Waals surface area contributed by atoms with E-state index in [0.717, 1.165) is 0 Å². The van der Waals surface area contributed by atoms with E-state index in [1.807, 2.05) is 6.21 Å². The van der Waals surface area contributed by atoms with Gasteiger partial charge in [-0.05, 0) is 5.92 Å². The smallest absolute Gasteiger partial charge is 0.0263 e. The van der Waals surface area contributed by atoms with Crippen molar-refractivity contribution >= 4 is 6.21 Å². The summed E-state index contributed by atoms with van der Waals surface area (Å²) in [4.78, 5) is 4.44. The molecule has 1 aliphatic rings. The largest absolute Gasteiger partial charge is 0.281 e. The molecule has 1 aliphatic heterocycles. The summed E-state index contributed by atoms with van der Waals surface area (Å²) in [6.07, 6.45) is 6.17. The molecule has 0 saturated carbocycles. The van der Waals surface area contributed by atoms with Crippen molar-refractivity contribution in [2.24, 2.45) is 10.9 Å². The van der Waals surface area contributed by atoms with Crippen LogP contribution in [-0.4, -0.2) is 6.21 Å². The monoisotopic (exact) mass is 424 g/mol. The summed E-state index contributed by atoms with van der Waals surface area (Å²) < 4.78 is 0. The molecule has 0 aromatic carbocycles. The first-order chi connectivity index (χ1) is 5.61. The second kappa shape index (κ2) is 4.15. The Kier molecular flexibility index (Phi) is 3.52. The standard InChI is InChI=1S/C11H16N.Lr/c1-8(2)11-10(4)6-5-9(3)7-12-11;/h5-8H,1-4H3;/q-1;. The number of hydrogen-bond acceptors (Lipinski definition) is 1. The van der Waals surface area contributed by atoms with Gasteiger partial charge in [0.15, 0.2) is 0 Å². The van der Waals surface area contributed by atoms with E-state index in [-0.39, 0.29) is 0 Å². The Morgan fingerprint density at radius 1 is 1.38 bits per heavy atom. The third-order valence-corrected chi connectivity index (χ3v) is 1.95. The predicted molar refractivity (Wildman–Crippen MR) is 54.1 cm³/mol. The van der Waals surface area contributed by atoms with Crippen molar-refractivity contribution in [1.29, 1.82) is 0 Å². The Bertz CT molecular complexity index is 249. The SMILES string of the molecule is CC1=C(C(C)C)N=C[C-](C)C=C1.[Lr]. The number of rotatable bonds is 1. The minimum absolute atomic E-state index is 0. The molecular weight excluding hydrogens is 408 g/mol.